The lowest BCUT2D eigenvalue weighted by Crippen LogP contribution is -2.37. The molecule has 0 aromatic carbocycles. The molecule has 50 valence electrons. The number of hydrogen-bond acceptors (Lipinski definition) is 2. The first-order valence-electron chi connectivity index (χ1n) is 3.19. The van der Waals surface area contributed by atoms with Crippen molar-refractivity contribution in [1.82, 2.24) is 0 Å². The molecule has 0 bridgehead atoms. The molecular weight excluding hydrogens is 100 g/mol. The second-order valence-corrected chi connectivity index (χ2v) is 2.34. The van der Waals surface area contributed by atoms with Crippen molar-refractivity contribution in [1.29, 1.82) is 0 Å². The standard InChI is InChI=1S/C6H16N2/c1-3-4-5(2)6(7)8/h5-6H,3-4,7-8H2,1-2H3. The van der Waals surface area contributed by atoms with E-state index in [9.17, 15) is 0 Å². The maximum absolute atomic E-state index is 5.40. The van der Waals surface area contributed by atoms with Gasteiger partial charge in [-0.25, -0.2) is 0 Å². The van der Waals surface area contributed by atoms with Gasteiger partial charge in [0.1, 0.15) is 0 Å². The SMILES string of the molecule is CCCC(C)C(N)N. The summed E-state index contributed by atoms with van der Waals surface area (Å²) in [5, 5.41) is 0. The van der Waals surface area contributed by atoms with Gasteiger partial charge < -0.3 is 11.5 Å². The molecule has 1 unspecified atom stereocenters. The van der Waals surface area contributed by atoms with Gasteiger partial charge in [-0.15, -0.1) is 0 Å². The lowest BCUT2D eigenvalue weighted by atomic mass is 10.0. The van der Waals surface area contributed by atoms with E-state index in [1.54, 1.807) is 0 Å². The van der Waals surface area contributed by atoms with Crippen molar-refractivity contribution in [2.45, 2.75) is 32.9 Å². The normalized spacial score (nSPS) is 14.6. The molecular formula is C6H16N2. The summed E-state index contributed by atoms with van der Waals surface area (Å²) in [6.07, 6.45) is 2.18. The molecule has 0 saturated heterocycles. The van der Waals surface area contributed by atoms with Gasteiger partial charge in [0.15, 0.2) is 0 Å². The van der Waals surface area contributed by atoms with E-state index >= 15 is 0 Å². The Morgan fingerprint density at radius 2 is 1.88 bits per heavy atom. The Labute approximate surface area is 51.2 Å². The molecule has 2 nitrogen and oxygen atoms in total. The summed E-state index contributed by atoms with van der Waals surface area (Å²) in [6, 6.07) is 0. The highest BCUT2D eigenvalue weighted by Crippen LogP contribution is 2.03. The highest BCUT2D eigenvalue weighted by atomic mass is 14.9. The first-order valence-corrected chi connectivity index (χ1v) is 3.19. The van der Waals surface area contributed by atoms with Crippen LogP contribution in [-0.4, -0.2) is 6.17 Å². The van der Waals surface area contributed by atoms with Crippen molar-refractivity contribution in [3.63, 3.8) is 0 Å². The van der Waals surface area contributed by atoms with Crippen molar-refractivity contribution < 1.29 is 0 Å². The smallest absolute Gasteiger partial charge is 0.0547 e. The lowest BCUT2D eigenvalue weighted by Gasteiger charge is -2.12. The first kappa shape index (κ1) is 7.92. The average molecular weight is 116 g/mol. The zero-order valence-corrected chi connectivity index (χ0v) is 5.72. The molecule has 0 fully saturated rings. The summed E-state index contributed by atoms with van der Waals surface area (Å²) in [5.74, 6) is 0.472. The number of rotatable bonds is 3. The minimum Gasteiger partial charge on any atom is -0.316 e. The van der Waals surface area contributed by atoms with Crippen LogP contribution < -0.4 is 11.5 Å². The zero-order valence-electron chi connectivity index (χ0n) is 5.72. The van der Waals surface area contributed by atoms with Crippen LogP contribution in [0.5, 0.6) is 0 Å². The van der Waals surface area contributed by atoms with E-state index in [-0.39, 0.29) is 6.17 Å². The molecule has 0 aromatic heterocycles. The predicted octanol–water partition coefficient (Wildman–Crippen LogP) is 0.666. The molecule has 0 amide bonds. The van der Waals surface area contributed by atoms with E-state index in [1.807, 2.05) is 0 Å². The van der Waals surface area contributed by atoms with Gasteiger partial charge >= 0.3 is 0 Å². The lowest BCUT2D eigenvalue weighted by molar-refractivity contribution is 0.432. The summed E-state index contributed by atoms with van der Waals surface area (Å²) in [7, 11) is 0. The Kier molecular flexibility index (Phi) is 3.83. The van der Waals surface area contributed by atoms with Gasteiger partial charge in [0, 0.05) is 0 Å². The fraction of sp³-hybridized carbons (Fsp3) is 1.00. The van der Waals surface area contributed by atoms with Gasteiger partial charge in [0.25, 0.3) is 0 Å². The van der Waals surface area contributed by atoms with Crippen LogP contribution in [0.15, 0.2) is 0 Å². The molecule has 8 heavy (non-hydrogen) atoms. The Morgan fingerprint density at radius 1 is 1.38 bits per heavy atom. The van der Waals surface area contributed by atoms with E-state index in [1.165, 1.54) is 6.42 Å². The molecule has 0 rings (SSSR count). The minimum atomic E-state index is -0.130. The van der Waals surface area contributed by atoms with Gasteiger partial charge in [-0.1, -0.05) is 20.3 Å². The second kappa shape index (κ2) is 3.87. The van der Waals surface area contributed by atoms with Gasteiger partial charge in [0.05, 0.1) is 6.17 Å². The van der Waals surface area contributed by atoms with E-state index in [0.717, 1.165) is 6.42 Å². The highest BCUT2D eigenvalue weighted by molar-refractivity contribution is 4.59. The van der Waals surface area contributed by atoms with Crippen LogP contribution in [-0.2, 0) is 0 Å². The summed E-state index contributed by atoms with van der Waals surface area (Å²) >= 11 is 0. The maximum Gasteiger partial charge on any atom is 0.0547 e. The quantitative estimate of drug-likeness (QED) is 0.532. The topological polar surface area (TPSA) is 52.0 Å². The monoisotopic (exact) mass is 116 g/mol. The van der Waals surface area contributed by atoms with Gasteiger partial charge in [0.2, 0.25) is 0 Å². The molecule has 0 aliphatic carbocycles. The van der Waals surface area contributed by atoms with Crippen LogP contribution in [0.2, 0.25) is 0 Å². The van der Waals surface area contributed by atoms with Crippen molar-refractivity contribution >= 4 is 0 Å². The highest BCUT2D eigenvalue weighted by Gasteiger charge is 2.04. The molecule has 2 heteroatoms. The fourth-order valence-electron chi connectivity index (χ4n) is 0.648. The third-order valence-electron chi connectivity index (χ3n) is 1.40. The largest absolute Gasteiger partial charge is 0.316 e. The molecule has 0 heterocycles. The summed E-state index contributed by atoms with van der Waals surface area (Å²) in [4.78, 5) is 0. The van der Waals surface area contributed by atoms with Crippen molar-refractivity contribution in [3.8, 4) is 0 Å². The molecule has 4 N–H and O–H groups in total. The third-order valence-corrected chi connectivity index (χ3v) is 1.40. The van der Waals surface area contributed by atoms with Crippen LogP contribution >= 0.6 is 0 Å². The van der Waals surface area contributed by atoms with E-state index in [0.29, 0.717) is 5.92 Å². The Morgan fingerprint density at radius 3 is 2.00 bits per heavy atom. The first-order chi connectivity index (χ1) is 3.68. The Hall–Kier alpha value is -0.0800. The summed E-state index contributed by atoms with van der Waals surface area (Å²) < 4.78 is 0. The molecule has 0 spiro atoms. The van der Waals surface area contributed by atoms with Gasteiger partial charge in [-0.3, -0.25) is 0 Å². The van der Waals surface area contributed by atoms with Crippen molar-refractivity contribution in [2.75, 3.05) is 0 Å². The Balaban J connectivity index is 3.17. The molecule has 0 radical (unpaired) electrons. The molecule has 1 atom stereocenters. The number of hydrogen-bond donors (Lipinski definition) is 2. The van der Waals surface area contributed by atoms with Crippen LogP contribution in [0.1, 0.15) is 26.7 Å². The van der Waals surface area contributed by atoms with E-state index < -0.39 is 0 Å². The van der Waals surface area contributed by atoms with Crippen LogP contribution in [0.3, 0.4) is 0 Å². The number of nitrogens with two attached hydrogens (primary N) is 2. The van der Waals surface area contributed by atoms with Gasteiger partial charge in [-0.05, 0) is 12.3 Å². The summed E-state index contributed by atoms with van der Waals surface area (Å²) in [5.41, 5.74) is 10.8. The predicted molar refractivity (Wildman–Crippen MR) is 36.2 cm³/mol. The zero-order chi connectivity index (χ0) is 6.57. The molecule has 0 aliphatic heterocycles. The summed E-state index contributed by atoms with van der Waals surface area (Å²) in [6.45, 7) is 4.22. The maximum atomic E-state index is 5.40. The molecule has 0 aliphatic rings. The second-order valence-electron chi connectivity index (χ2n) is 2.34. The Bertz CT molecular complexity index is 52.5. The average Bonchev–Trinajstić information content (AvgIpc) is 1.67. The van der Waals surface area contributed by atoms with Crippen LogP contribution in [0.4, 0.5) is 0 Å². The van der Waals surface area contributed by atoms with Gasteiger partial charge in [-0.2, -0.15) is 0 Å². The minimum absolute atomic E-state index is 0.130. The third kappa shape index (κ3) is 2.99. The van der Waals surface area contributed by atoms with E-state index in [4.69, 9.17) is 11.5 Å². The van der Waals surface area contributed by atoms with Crippen LogP contribution in [0.25, 0.3) is 0 Å². The van der Waals surface area contributed by atoms with E-state index in [2.05, 4.69) is 13.8 Å². The van der Waals surface area contributed by atoms with Crippen molar-refractivity contribution in [2.24, 2.45) is 17.4 Å². The van der Waals surface area contributed by atoms with Crippen LogP contribution in [0, 0.1) is 5.92 Å². The fourth-order valence-corrected chi connectivity index (χ4v) is 0.648. The molecule has 0 aromatic rings. The van der Waals surface area contributed by atoms with Crippen molar-refractivity contribution in [3.05, 3.63) is 0 Å². The molecule has 0 saturated carbocycles.